The van der Waals surface area contributed by atoms with Crippen LogP contribution in [0.5, 0.6) is 0 Å². The maximum absolute atomic E-state index is 13.4. The normalized spacial score (nSPS) is 30.8. The zero-order valence-corrected chi connectivity index (χ0v) is 18.1. The molecule has 32 heavy (non-hydrogen) atoms. The lowest BCUT2D eigenvalue weighted by molar-refractivity contribution is -0.135. The molecule has 2 heterocycles. The number of amides is 4. The summed E-state index contributed by atoms with van der Waals surface area (Å²) in [5.41, 5.74) is -1.03. The monoisotopic (exact) mass is 448 g/mol. The minimum atomic E-state index is -1.44. The number of urea groups is 1. The third-order valence-corrected chi connectivity index (χ3v) is 6.94. The van der Waals surface area contributed by atoms with Crippen LogP contribution in [0, 0.1) is 5.82 Å². The van der Waals surface area contributed by atoms with Gasteiger partial charge in [-0.05, 0) is 37.0 Å². The molecule has 4 rings (SSSR count). The average molecular weight is 448 g/mol. The zero-order chi connectivity index (χ0) is 22.9. The molecule has 10 heteroatoms. The van der Waals surface area contributed by atoms with Crippen molar-refractivity contribution < 1.29 is 28.6 Å². The molecule has 2 aliphatic heterocycles. The molecule has 9 nitrogen and oxygen atoms in total. The Bertz CT molecular complexity index is 876. The third-order valence-electron chi connectivity index (χ3n) is 6.94. The molecular weight excluding hydrogens is 419 g/mol. The van der Waals surface area contributed by atoms with E-state index in [0.29, 0.717) is 25.2 Å². The fourth-order valence-corrected chi connectivity index (χ4v) is 5.08. The Kier molecular flexibility index (Phi) is 6.45. The number of imide groups is 1. The number of carbonyl (C=O) groups excluding carboxylic acids is 3. The van der Waals surface area contributed by atoms with Crippen LogP contribution < -0.4 is 10.6 Å². The molecule has 1 aromatic carbocycles. The summed E-state index contributed by atoms with van der Waals surface area (Å²) in [4.78, 5) is 41.3. The van der Waals surface area contributed by atoms with Crippen LogP contribution in [0.4, 0.5) is 9.18 Å². The molecule has 0 bridgehead atoms. The van der Waals surface area contributed by atoms with Gasteiger partial charge in [-0.15, -0.1) is 0 Å². The van der Waals surface area contributed by atoms with Gasteiger partial charge in [0.25, 0.3) is 5.91 Å². The van der Waals surface area contributed by atoms with Crippen molar-refractivity contribution in [3.63, 3.8) is 0 Å². The highest BCUT2D eigenvalue weighted by Crippen LogP contribution is 2.32. The molecule has 1 aliphatic carbocycles. The Balaban J connectivity index is 1.42. The first-order valence-corrected chi connectivity index (χ1v) is 11.0. The fourth-order valence-electron chi connectivity index (χ4n) is 5.08. The van der Waals surface area contributed by atoms with Gasteiger partial charge in [0.15, 0.2) is 0 Å². The molecule has 174 valence electrons. The second-order valence-electron chi connectivity index (χ2n) is 8.68. The number of ether oxygens (including phenoxy) is 1. The summed E-state index contributed by atoms with van der Waals surface area (Å²) in [5.74, 6) is -1.26. The number of likely N-dealkylation sites (N-methyl/N-ethyl adjacent to an activating group) is 1. The van der Waals surface area contributed by atoms with Gasteiger partial charge >= 0.3 is 6.03 Å². The average Bonchev–Trinajstić information content (AvgIpc) is 3.31. The standard InChI is InChI=1S/C22H29FN4O5/c1-26(16-6-7-17(19(16)29)27-10-12-32-13-11-27)18(28)8-9-22(20(30)24-21(31)25-22)14-2-4-15(23)5-3-14/h2-5,16-17,19,29H,6-13H2,1H3,(H2,24,25,30,31)/t16-,17-,19-,22-/m1/s1. The van der Waals surface area contributed by atoms with E-state index in [1.807, 2.05) is 0 Å². The van der Waals surface area contributed by atoms with Crippen LogP contribution >= 0.6 is 0 Å². The van der Waals surface area contributed by atoms with Crippen molar-refractivity contribution in [1.29, 1.82) is 0 Å². The van der Waals surface area contributed by atoms with E-state index in [-0.39, 0.29) is 30.8 Å². The minimum Gasteiger partial charge on any atom is -0.389 e. The number of benzene rings is 1. The first kappa shape index (κ1) is 22.6. The Morgan fingerprint density at radius 2 is 1.94 bits per heavy atom. The maximum atomic E-state index is 13.4. The lowest BCUT2D eigenvalue weighted by Gasteiger charge is -2.36. The summed E-state index contributed by atoms with van der Waals surface area (Å²) >= 11 is 0. The van der Waals surface area contributed by atoms with Crippen molar-refractivity contribution in [2.24, 2.45) is 0 Å². The van der Waals surface area contributed by atoms with Crippen LogP contribution in [0.1, 0.15) is 31.2 Å². The van der Waals surface area contributed by atoms with E-state index in [9.17, 15) is 23.9 Å². The number of nitrogens with zero attached hydrogens (tertiary/aromatic N) is 2. The number of aliphatic hydroxyl groups is 1. The van der Waals surface area contributed by atoms with Crippen molar-refractivity contribution in [2.45, 2.75) is 49.4 Å². The largest absolute Gasteiger partial charge is 0.389 e. The van der Waals surface area contributed by atoms with Gasteiger partial charge < -0.3 is 20.1 Å². The fraction of sp³-hybridized carbons (Fsp3) is 0.591. The van der Waals surface area contributed by atoms with Crippen molar-refractivity contribution in [2.75, 3.05) is 33.4 Å². The topological polar surface area (TPSA) is 111 Å². The summed E-state index contributed by atoms with van der Waals surface area (Å²) in [5, 5.41) is 15.7. The SMILES string of the molecule is CN(C(=O)CC[C@]1(c2ccc(F)cc2)NC(=O)NC1=O)[C@@H]1CC[C@@H](N2CCOCC2)[C@@H]1O. The first-order valence-electron chi connectivity index (χ1n) is 11.0. The Labute approximate surface area is 185 Å². The van der Waals surface area contributed by atoms with Crippen LogP contribution in [0.3, 0.4) is 0 Å². The second kappa shape index (κ2) is 9.13. The Hall–Kier alpha value is -2.56. The number of halogens is 1. The summed E-state index contributed by atoms with van der Waals surface area (Å²) in [6.07, 6.45) is 0.817. The van der Waals surface area contributed by atoms with Crippen molar-refractivity contribution >= 4 is 17.8 Å². The predicted molar refractivity (Wildman–Crippen MR) is 112 cm³/mol. The maximum Gasteiger partial charge on any atom is 0.322 e. The summed E-state index contributed by atoms with van der Waals surface area (Å²) < 4.78 is 18.8. The number of carbonyl (C=O) groups is 3. The molecule has 0 radical (unpaired) electrons. The molecule has 3 fully saturated rings. The highest BCUT2D eigenvalue weighted by Gasteiger charge is 2.48. The number of aliphatic hydroxyl groups excluding tert-OH is 1. The molecule has 0 aromatic heterocycles. The molecule has 3 aliphatic rings. The van der Waals surface area contributed by atoms with Gasteiger partial charge in [-0.25, -0.2) is 9.18 Å². The van der Waals surface area contributed by atoms with Gasteiger partial charge in [-0.1, -0.05) is 12.1 Å². The van der Waals surface area contributed by atoms with Gasteiger partial charge in [0.1, 0.15) is 11.4 Å². The lowest BCUT2D eigenvalue weighted by atomic mass is 9.85. The Morgan fingerprint density at radius 3 is 2.56 bits per heavy atom. The van der Waals surface area contributed by atoms with Crippen LogP contribution in [0.15, 0.2) is 24.3 Å². The van der Waals surface area contributed by atoms with Gasteiger partial charge in [-0.3, -0.25) is 19.8 Å². The minimum absolute atomic E-state index is 0.00962. The van der Waals surface area contributed by atoms with E-state index >= 15 is 0 Å². The summed E-state index contributed by atoms with van der Waals surface area (Å²) in [6, 6.07) is 4.31. The van der Waals surface area contributed by atoms with Crippen molar-refractivity contribution in [3.8, 4) is 0 Å². The first-order chi connectivity index (χ1) is 15.3. The van der Waals surface area contributed by atoms with Crippen LogP contribution in [-0.4, -0.2) is 84.3 Å². The van der Waals surface area contributed by atoms with Gasteiger partial charge in [0, 0.05) is 32.6 Å². The number of morpholine rings is 1. The summed E-state index contributed by atoms with van der Waals surface area (Å²) in [7, 11) is 1.66. The van der Waals surface area contributed by atoms with E-state index in [1.165, 1.54) is 24.3 Å². The smallest absolute Gasteiger partial charge is 0.322 e. The van der Waals surface area contributed by atoms with Crippen molar-refractivity contribution in [1.82, 2.24) is 20.4 Å². The molecule has 3 N–H and O–H groups in total. The van der Waals surface area contributed by atoms with Gasteiger partial charge in [0.2, 0.25) is 5.91 Å². The molecule has 2 saturated heterocycles. The molecule has 0 spiro atoms. The van der Waals surface area contributed by atoms with E-state index in [1.54, 1.807) is 11.9 Å². The van der Waals surface area contributed by atoms with E-state index < -0.39 is 29.4 Å². The molecule has 0 unspecified atom stereocenters. The number of nitrogens with one attached hydrogen (secondary N) is 2. The Morgan fingerprint density at radius 1 is 1.25 bits per heavy atom. The molecule has 4 amide bonds. The molecule has 1 saturated carbocycles. The van der Waals surface area contributed by atoms with Gasteiger partial charge in [0.05, 0.1) is 25.4 Å². The highest BCUT2D eigenvalue weighted by atomic mass is 19.1. The number of hydrogen-bond donors (Lipinski definition) is 3. The van der Waals surface area contributed by atoms with Gasteiger partial charge in [-0.2, -0.15) is 0 Å². The van der Waals surface area contributed by atoms with Crippen LogP contribution in [0.25, 0.3) is 0 Å². The lowest BCUT2D eigenvalue weighted by Crippen LogP contribution is -2.52. The number of rotatable bonds is 6. The van der Waals surface area contributed by atoms with E-state index in [4.69, 9.17) is 4.74 Å². The predicted octanol–water partition coefficient (Wildman–Crippen LogP) is 0.323. The number of hydrogen-bond acceptors (Lipinski definition) is 6. The molecule has 4 atom stereocenters. The molecular formula is C22H29FN4O5. The molecule has 1 aromatic rings. The third kappa shape index (κ3) is 4.22. The summed E-state index contributed by atoms with van der Waals surface area (Å²) in [6.45, 7) is 2.81. The zero-order valence-electron chi connectivity index (χ0n) is 18.1. The quantitative estimate of drug-likeness (QED) is 0.541. The van der Waals surface area contributed by atoms with Crippen LogP contribution in [-0.2, 0) is 19.9 Å². The van der Waals surface area contributed by atoms with E-state index in [0.717, 1.165) is 19.5 Å². The van der Waals surface area contributed by atoms with Crippen molar-refractivity contribution in [3.05, 3.63) is 35.6 Å². The second-order valence-corrected chi connectivity index (χ2v) is 8.68. The highest BCUT2D eigenvalue weighted by molar-refractivity contribution is 6.07. The van der Waals surface area contributed by atoms with E-state index in [2.05, 4.69) is 15.5 Å². The van der Waals surface area contributed by atoms with Crippen LogP contribution in [0.2, 0.25) is 0 Å².